The fourth-order valence-electron chi connectivity index (χ4n) is 8.80. The lowest BCUT2D eigenvalue weighted by atomic mass is 9.87. The molecule has 7 rings (SSSR count). The van der Waals surface area contributed by atoms with Gasteiger partial charge < -0.3 is 19.6 Å². The van der Waals surface area contributed by atoms with Crippen molar-refractivity contribution in [3.8, 4) is 0 Å². The molecule has 4 saturated heterocycles. The number of hydrogen-bond acceptors (Lipinski definition) is 4. The quantitative estimate of drug-likeness (QED) is 0.487. The molecule has 8 atom stereocenters. The molecule has 43 heavy (non-hydrogen) atoms. The Bertz CT molecular complexity index is 1410. The molecule has 0 aromatic heterocycles. The Morgan fingerprint density at radius 2 is 1.74 bits per heavy atom. The molecule has 6 aliphatic rings. The lowest BCUT2D eigenvalue weighted by Crippen LogP contribution is -2.64. The van der Waals surface area contributed by atoms with Crippen molar-refractivity contribution < 1.29 is 19.2 Å². The van der Waals surface area contributed by atoms with E-state index >= 15 is 0 Å². The fraction of sp³-hybridized carbons (Fsp3) is 0.588. The molecule has 4 fully saturated rings. The molecule has 0 saturated carbocycles. The molecule has 9 heteroatoms. The van der Waals surface area contributed by atoms with Crippen molar-refractivity contribution >= 4 is 35.2 Å². The van der Waals surface area contributed by atoms with Crippen LogP contribution in [-0.2, 0) is 25.6 Å². The monoisotopic (exact) mass is 604 g/mol. The summed E-state index contributed by atoms with van der Waals surface area (Å²) in [6, 6.07) is 6.53. The van der Waals surface area contributed by atoms with Crippen molar-refractivity contribution in [3.05, 3.63) is 59.2 Å². The summed E-state index contributed by atoms with van der Waals surface area (Å²) in [4.78, 5) is 63.9. The number of hydrogen-bond donors (Lipinski definition) is 0. The summed E-state index contributed by atoms with van der Waals surface area (Å²) in [5.41, 5.74) is -0.159. The van der Waals surface area contributed by atoms with Gasteiger partial charge in [-0.05, 0) is 69.9 Å². The van der Waals surface area contributed by atoms with Gasteiger partial charge in [-0.2, -0.15) is 0 Å². The summed E-state index contributed by atoms with van der Waals surface area (Å²) < 4.78 is 0. The molecule has 6 aliphatic heterocycles. The SMILES string of the molecule is CC(Cc1ccccc1Cl)C(=O)N1CCC[C@]12C=C[C@@H]1CC[C@@H](C(=O)N3CC[C@@H]4C=C[C@H]5CC[C@@H](C)N5C(=O)C43)N1C2=O. The van der Waals surface area contributed by atoms with Crippen LogP contribution in [0.1, 0.15) is 64.4 Å². The molecule has 1 aromatic rings. The second-order valence-corrected chi connectivity index (χ2v) is 13.9. The Kier molecular flexibility index (Phi) is 7.19. The first-order valence-corrected chi connectivity index (χ1v) is 16.5. The van der Waals surface area contributed by atoms with Gasteiger partial charge in [0.25, 0.3) is 5.91 Å². The largest absolute Gasteiger partial charge is 0.332 e. The maximum Gasteiger partial charge on any atom is 0.253 e. The second kappa shape index (κ2) is 10.8. The number of amides is 4. The van der Waals surface area contributed by atoms with Crippen LogP contribution in [0.4, 0.5) is 0 Å². The lowest BCUT2D eigenvalue weighted by molar-refractivity contribution is -0.157. The molecule has 6 heterocycles. The van der Waals surface area contributed by atoms with Gasteiger partial charge in [-0.3, -0.25) is 19.2 Å². The average molecular weight is 605 g/mol. The van der Waals surface area contributed by atoms with Gasteiger partial charge in [-0.1, -0.05) is 61.0 Å². The van der Waals surface area contributed by atoms with E-state index in [4.69, 9.17) is 11.6 Å². The first-order valence-electron chi connectivity index (χ1n) is 16.1. The smallest absolute Gasteiger partial charge is 0.253 e. The van der Waals surface area contributed by atoms with Gasteiger partial charge in [0.05, 0.1) is 12.1 Å². The zero-order valence-corrected chi connectivity index (χ0v) is 25.8. The van der Waals surface area contributed by atoms with E-state index in [1.807, 2.05) is 48.2 Å². The minimum atomic E-state index is -1.07. The van der Waals surface area contributed by atoms with E-state index in [2.05, 4.69) is 19.1 Å². The van der Waals surface area contributed by atoms with Crippen molar-refractivity contribution in [3.63, 3.8) is 0 Å². The van der Waals surface area contributed by atoms with Crippen LogP contribution in [0.3, 0.4) is 0 Å². The third-order valence-electron chi connectivity index (χ3n) is 11.0. The van der Waals surface area contributed by atoms with Crippen LogP contribution in [-0.4, -0.2) is 92.1 Å². The van der Waals surface area contributed by atoms with Crippen molar-refractivity contribution in [1.82, 2.24) is 19.6 Å². The fourth-order valence-corrected chi connectivity index (χ4v) is 9.01. The van der Waals surface area contributed by atoms with Crippen LogP contribution in [0.2, 0.25) is 5.02 Å². The molecule has 1 spiro atoms. The van der Waals surface area contributed by atoms with Gasteiger partial charge in [-0.25, -0.2) is 0 Å². The molecular formula is C34H41ClN4O4. The minimum Gasteiger partial charge on any atom is -0.332 e. The van der Waals surface area contributed by atoms with Crippen LogP contribution in [0, 0.1) is 11.8 Å². The molecule has 228 valence electrons. The van der Waals surface area contributed by atoms with Gasteiger partial charge in [0.15, 0.2) is 0 Å². The summed E-state index contributed by atoms with van der Waals surface area (Å²) in [6.45, 7) is 5.01. The van der Waals surface area contributed by atoms with Crippen LogP contribution < -0.4 is 0 Å². The van der Waals surface area contributed by atoms with Gasteiger partial charge >= 0.3 is 0 Å². The van der Waals surface area contributed by atoms with E-state index in [0.29, 0.717) is 43.8 Å². The van der Waals surface area contributed by atoms with Crippen molar-refractivity contribution in [2.45, 2.75) is 101 Å². The molecule has 2 unspecified atom stereocenters. The minimum absolute atomic E-state index is 0.0114. The maximum atomic E-state index is 14.5. The van der Waals surface area contributed by atoms with E-state index in [-0.39, 0.29) is 53.6 Å². The number of carbonyl (C=O) groups excluding carboxylic acids is 4. The average Bonchev–Trinajstić information content (AvgIpc) is 3.78. The zero-order chi connectivity index (χ0) is 30.0. The van der Waals surface area contributed by atoms with Crippen molar-refractivity contribution in [1.29, 1.82) is 0 Å². The van der Waals surface area contributed by atoms with E-state index in [0.717, 1.165) is 31.2 Å². The van der Waals surface area contributed by atoms with Gasteiger partial charge in [0.2, 0.25) is 17.7 Å². The van der Waals surface area contributed by atoms with E-state index in [9.17, 15) is 19.2 Å². The van der Waals surface area contributed by atoms with Gasteiger partial charge in [0, 0.05) is 36.0 Å². The number of fused-ring (bicyclic) bond motifs is 3. The van der Waals surface area contributed by atoms with E-state index in [1.54, 1.807) is 14.7 Å². The Morgan fingerprint density at radius 3 is 2.56 bits per heavy atom. The van der Waals surface area contributed by atoms with Gasteiger partial charge in [-0.15, -0.1) is 0 Å². The molecule has 0 radical (unpaired) electrons. The molecule has 0 N–H and O–H groups in total. The topological polar surface area (TPSA) is 81.2 Å². The Balaban J connectivity index is 1.12. The number of rotatable bonds is 4. The zero-order valence-electron chi connectivity index (χ0n) is 25.0. The maximum absolute atomic E-state index is 14.5. The molecule has 4 amide bonds. The number of likely N-dealkylation sites (tertiary alicyclic amines) is 2. The van der Waals surface area contributed by atoms with Crippen molar-refractivity contribution in [2.24, 2.45) is 11.8 Å². The lowest BCUT2D eigenvalue weighted by Gasteiger charge is -2.45. The first kappa shape index (κ1) is 28.6. The molecule has 8 nitrogen and oxygen atoms in total. The Hall–Kier alpha value is -3.13. The molecule has 0 aliphatic carbocycles. The third-order valence-corrected chi connectivity index (χ3v) is 11.4. The van der Waals surface area contributed by atoms with E-state index in [1.165, 1.54) is 0 Å². The highest BCUT2D eigenvalue weighted by Gasteiger charge is 2.58. The van der Waals surface area contributed by atoms with Crippen LogP contribution in [0.5, 0.6) is 0 Å². The van der Waals surface area contributed by atoms with Crippen molar-refractivity contribution in [2.75, 3.05) is 13.1 Å². The van der Waals surface area contributed by atoms with Gasteiger partial charge in [0.1, 0.15) is 17.6 Å². The molecule has 1 aromatic carbocycles. The Morgan fingerprint density at radius 1 is 0.977 bits per heavy atom. The highest BCUT2D eigenvalue weighted by molar-refractivity contribution is 6.31. The van der Waals surface area contributed by atoms with Crippen LogP contribution >= 0.6 is 11.6 Å². The summed E-state index contributed by atoms with van der Waals surface area (Å²) in [7, 11) is 0. The first-order chi connectivity index (χ1) is 20.7. The van der Waals surface area contributed by atoms with Crippen LogP contribution in [0.25, 0.3) is 0 Å². The molecule has 0 bridgehead atoms. The van der Waals surface area contributed by atoms with E-state index < -0.39 is 17.6 Å². The highest BCUT2D eigenvalue weighted by Crippen LogP contribution is 2.43. The highest BCUT2D eigenvalue weighted by atomic mass is 35.5. The normalized spacial score (nSPS) is 35.4. The summed E-state index contributed by atoms with van der Waals surface area (Å²) in [6.07, 6.45) is 14.0. The van der Waals surface area contributed by atoms with Crippen LogP contribution in [0.15, 0.2) is 48.6 Å². The summed E-state index contributed by atoms with van der Waals surface area (Å²) in [5, 5.41) is 0.634. The summed E-state index contributed by atoms with van der Waals surface area (Å²) in [5.74, 6) is -0.628. The predicted octanol–water partition coefficient (Wildman–Crippen LogP) is 3.98. The number of carbonyl (C=O) groups is 4. The Labute approximate surface area is 258 Å². The number of halogens is 1. The second-order valence-electron chi connectivity index (χ2n) is 13.5. The predicted molar refractivity (Wildman–Crippen MR) is 163 cm³/mol. The summed E-state index contributed by atoms with van der Waals surface area (Å²) >= 11 is 6.39. The molecular weight excluding hydrogens is 564 g/mol. The standard InChI is InChI=1S/C34H41ClN4O4/c1-21(20-24-6-3-4-7-27(24)35)30(40)37-18-5-16-34(37)17-14-26-12-13-28(39(26)33(34)43)31(41)36-19-15-23-9-11-25-10-8-22(2)38(25)32(42)29(23)36/h3-4,6-7,9,11,14,17,21-23,25-26,28-29H,5,8,10,12-13,15-16,18-20H2,1-2H3/t21?,22-,23+,25-,26+,28+,29?,34-/m1/s1. The number of nitrogens with zero attached hydrogens (tertiary/aromatic N) is 4. The third kappa shape index (κ3) is 4.46. The number of benzene rings is 1.